The van der Waals surface area contributed by atoms with E-state index in [1.165, 1.54) is 0 Å². The lowest BCUT2D eigenvalue weighted by molar-refractivity contribution is 0.102. The van der Waals surface area contributed by atoms with Gasteiger partial charge in [0, 0.05) is 10.2 Å². The topological polar surface area (TPSA) is 104 Å². The first-order valence-electron chi connectivity index (χ1n) is 7.18. The third-order valence-electron chi connectivity index (χ3n) is 3.41. The number of hydrogen-bond acceptors (Lipinski definition) is 4. The quantitative estimate of drug-likeness (QED) is 0.625. The Hall–Kier alpha value is -3.13. The normalized spacial score (nSPS) is 10.4. The Bertz CT molecular complexity index is 1060. The van der Waals surface area contributed by atoms with Crippen LogP contribution in [0, 0.1) is 0 Å². The minimum Gasteiger partial charge on any atom is -0.493 e. The van der Waals surface area contributed by atoms with Crippen molar-refractivity contribution in [2.45, 2.75) is 0 Å². The van der Waals surface area contributed by atoms with Gasteiger partial charge in [-0.15, -0.1) is 0 Å². The zero-order valence-corrected chi connectivity index (χ0v) is 14.3. The molecule has 0 aliphatic carbocycles. The molecule has 0 aliphatic heterocycles. The van der Waals surface area contributed by atoms with Crippen molar-refractivity contribution >= 4 is 27.5 Å². The van der Waals surface area contributed by atoms with E-state index in [4.69, 9.17) is 0 Å². The first-order valence-corrected chi connectivity index (χ1v) is 7.97. The van der Waals surface area contributed by atoms with Crippen molar-refractivity contribution < 1.29 is 9.90 Å². The van der Waals surface area contributed by atoms with E-state index in [0.29, 0.717) is 15.8 Å². The summed E-state index contributed by atoms with van der Waals surface area (Å²) in [5.41, 5.74) is -1.63. The predicted octanol–water partition coefficient (Wildman–Crippen LogP) is 2.25. The van der Waals surface area contributed by atoms with Gasteiger partial charge in [0.1, 0.15) is 0 Å². The number of aromatic hydroxyl groups is 1. The van der Waals surface area contributed by atoms with Crippen LogP contribution in [0.5, 0.6) is 5.88 Å². The second-order valence-corrected chi connectivity index (χ2v) is 6.01. The van der Waals surface area contributed by atoms with E-state index < -0.39 is 28.6 Å². The molecular formula is C17H12BrN3O4. The molecule has 3 aromatic rings. The van der Waals surface area contributed by atoms with Gasteiger partial charge in [-0.1, -0.05) is 40.2 Å². The molecular weight excluding hydrogens is 390 g/mol. The number of halogens is 1. The largest absolute Gasteiger partial charge is 0.493 e. The Kier molecular flexibility index (Phi) is 4.53. The molecule has 0 saturated heterocycles. The van der Waals surface area contributed by atoms with Crippen LogP contribution in [0.15, 0.2) is 68.7 Å². The molecule has 0 fully saturated rings. The number of amides is 1. The maximum atomic E-state index is 12.4. The van der Waals surface area contributed by atoms with Crippen LogP contribution in [-0.4, -0.2) is 20.6 Å². The summed E-state index contributed by atoms with van der Waals surface area (Å²) in [6.07, 6.45) is 0. The Morgan fingerprint density at radius 3 is 2.48 bits per heavy atom. The maximum absolute atomic E-state index is 12.4. The highest BCUT2D eigenvalue weighted by Gasteiger charge is 2.22. The number of nitrogens with one attached hydrogen (secondary N) is 2. The van der Waals surface area contributed by atoms with Crippen LogP contribution in [-0.2, 0) is 0 Å². The molecule has 0 aliphatic rings. The van der Waals surface area contributed by atoms with E-state index in [0.717, 1.165) is 4.57 Å². The van der Waals surface area contributed by atoms with E-state index in [2.05, 4.69) is 21.2 Å². The molecule has 3 N–H and O–H groups in total. The molecule has 0 bridgehead atoms. The number of benzene rings is 2. The van der Waals surface area contributed by atoms with Crippen molar-refractivity contribution in [1.29, 1.82) is 0 Å². The highest BCUT2D eigenvalue weighted by atomic mass is 79.9. The fraction of sp³-hybridized carbons (Fsp3) is 0. The Balaban J connectivity index is 2.12. The van der Waals surface area contributed by atoms with Gasteiger partial charge in [0.05, 0.1) is 5.69 Å². The van der Waals surface area contributed by atoms with Crippen LogP contribution in [0.2, 0.25) is 0 Å². The molecule has 7 nitrogen and oxygen atoms in total. The lowest BCUT2D eigenvalue weighted by atomic mass is 10.2. The van der Waals surface area contributed by atoms with Gasteiger partial charge < -0.3 is 10.4 Å². The Morgan fingerprint density at radius 1 is 1.08 bits per heavy atom. The highest BCUT2D eigenvalue weighted by Crippen LogP contribution is 2.20. The summed E-state index contributed by atoms with van der Waals surface area (Å²) in [4.78, 5) is 38.6. The van der Waals surface area contributed by atoms with E-state index in [1.807, 2.05) is 4.98 Å². The SMILES string of the molecule is O=C(Nc1ccccc1)c1c(O)n(-c2cccc(Br)c2)c(=O)[nH]c1=O. The smallest absolute Gasteiger partial charge is 0.335 e. The number of hydrogen-bond donors (Lipinski definition) is 3. The molecule has 0 spiro atoms. The Labute approximate surface area is 149 Å². The maximum Gasteiger partial charge on any atom is 0.335 e. The molecule has 1 heterocycles. The van der Waals surface area contributed by atoms with Gasteiger partial charge in [0.2, 0.25) is 5.88 Å². The zero-order chi connectivity index (χ0) is 18.0. The summed E-state index contributed by atoms with van der Waals surface area (Å²) in [6.45, 7) is 0. The van der Waals surface area contributed by atoms with Crippen LogP contribution in [0.3, 0.4) is 0 Å². The predicted molar refractivity (Wildman–Crippen MR) is 96.4 cm³/mol. The van der Waals surface area contributed by atoms with Gasteiger partial charge in [0.15, 0.2) is 5.56 Å². The minimum absolute atomic E-state index is 0.293. The first kappa shape index (κ1) is 16.7. The average Bonchev–Trinajstić information content (AvgIpc) is 2.55. The van der Waals surface area contributed by atoms with Crippen LogP contribution in [0.1, 0.15) is 10.4 Å². The number of H-pyrrole nitrogens is 1. The Morgan fingerprint density at radius 2 is 1.80 bits per heavy atom. The van der Waals surface area contributed by atoms with Crippen LogP contribution in [0.4, 0.5) is 5.69 Å². The van der Waals surface area contributed by atoms with Crippen molar-refractivity contribution in [2.24, 2.45) is 0 Å². The molecule has 126 valence electrons. The lowest BCUT2D eigenvalue weighted by Crippen LogP contribution is -2.34. The second kappa shape index (κ2) is 6.78. The number of rotatable bonds is 3. The molecule has 0 atom stereocenters. The molecule has 1 aromatic heterocycles. The molecule has 8 heteroatoms. The van der Waals surface area contributed by atoms with Crippen LogP contribution >= 0.6 is 15.9 Å². The van der Waals surface area contributed by atoms with Crippen molar-refractivity contribution in [1.82, 2.24) is 9.55 Å². The third kappa shape index (κ3) is 3.38. The van der Waals surface area contributed by atoms with E-state index in [1.54, 1.807) is 54.6 Å². The van der Waals surface area contributed by atoms with Gasteiger partial charge in [-0.2, -0.15) is 0 Å². The van der Waals surface area contributed by atoms with E-state index in [9.17, 15) is 19.5 Å². The fourth-order valence-corrected chi connectivity index (χ4v) is 2.69. The average molecular weight is 402 g/mol. The van der Waals surface area contributed by atoms with Crippen LogP contribution in [0.25, 0.3) is 5.69 Å². The molecule has 1 amide bonds. The second-order valence-electron chi connectivity index (χ2n) is 5.09. The van der Waals surface area contributed by atoms with Crippen LogP contribution < -0.4 is 16.6 Å². The lowest BCUT2D eigenvalue weighted by Gasteiger charge is -2.12. The summed E-state index contributed by atoms with van der Waals surface area (Å²) in [7, 11) is 0. The minimum atomic E-state index is -0.970. The van der Waals surface area contributed by atoms with Crippen molar-refractivity contribution in [3.63, 3.8) is 0 Å². The number of anilines is 1. The molecule has 0 saturated carbocycles. The molecule has 3 rings (SSSR count). The molecule has 2 aromatic carbocycles. The van der Waals surface area contributed by atoms with Gasteiger partial charge in [-0.05, 0) is 30.3 Å². The van der Waals surface area contributed by atoms with Crippen molar-refractivity contribution in [3.05, 3.63) is 85.5 Å². The summed E-state index contributed by atoms with van der Waals surface area (Å²) < 4.78 is 1.52. The van der Waals surface area contributed by atoms with E-state index >= 15 is 0 Å². The summed E-state index contributed by atoms with van der Waals surface area (Å²) >= 11 is 3.27. The van der Waals surface area contributed by atoms with Gasteiger partial charge in [-0.25, -0.2) is 9.36 Å². The van der Waals surface area contributed by atoms with Crippen molar-refractivity contribution in [3.8, 4) is 11.6 Å². The van der Waals surface area contributed by atoms with Gasteiger partial charge >= 0.3 is 5.69 Å². The standard InChI is InChI=1S/C17H12BrN3O4/c18-10-5-4-8-12(9-10)21-16(24)13(15(23)20-17(21)25)14(22)19-11-6-2-1-3-7-11/h1-9,24H,(H,19,22)(H,20,23,25). The van der Waals surface area contributed by atoms with E-state index in [-0.39, 0.29) is 0 Å². The molecule has 0 unspecified atom stereocenters. The summed E-state index contributed by atoms with van der Waals surface area (Å²) in [6, 6.07) is 15.0. The number of aromatic amines is 1. The number of para-hydroxylation sites is 1. The fourth-order valence-electron chi connectivity index (χ4n) is 2.30. The molecule has 0 radical (unpaired) electrons. The molecule has 25 heavy (non-hydrogen) atoms. The highest BCUT2D eigenvalue weighted by molar-refractivity contribution is 9.10. The number of nitrogens with zero attached hydrogens (tertiary/aromatic N) is 1. The number of carbonyl (C=O) groups is 1. The van der Waals surface area contributed by atoms with Crippen molar-refractivity contribution in [2.75, 3.05) is 5.32 Å². The monoisotopic (exact) mass is 401 g/mol. The number of aromatic nitrogens is 2. The van der Waals surface area contributed by atoms with Gasteiger partial charge in [0.25, 0.3) is 11.5 Å². The first-order chi connectivity index (χ1) is 12.0. The summed E-state index contributed by atoms with van der Waals surface area (Å²) in [5.74, 6) is -1.56. The summed E-state index contributed by atoms with van der Waals surface area (Å²) in [5, 5.41) is 12.9. The zero-order valence-electron chi connectivity index (χ0n) is 12.7. The number of carbonyl (C=O) groups excluding carboxylic acids is 1. The third-order valence-corrected chi connectivity index (χ3v) is 3.90. The van der Waals surface area contributed by atoms with Gasteiger partial charge in [-0.3, -0.25) is 14.6 Å².